The molecule has 0 saturated carbocycles. The Morgan fingerprint density at radius 1 is 1.00 bits per heavy atom. The highest BCUT2D eigenvalue weighted by Crippen LogP contribution is 2.33. The van der Waals surface area contributed by atoms with Crippen molar-refractivity contribution >= 4 is 52.5 Å². The molecule has 0 spiro atoms. The van der Waals surface area contributed by atoms with Crippen LogP contribution in [-0.4, -0.2) is 21.5 Å². The largest absolute Gasteiger partial charge is 0.416 e. The Kier molecular flexibility index (Phi) is 6.09. The molecule has 1 fully saturated rings. The normalized spacial score (nSPS) is 15.8. The summed E-state index contributed by atoms with van der Waals surface area (Å²) >= 11 is 11.2. The molecule has 4 rings (SSSR count). The van der Waals surface area contributed by atoms with Crippen molar-refractivity contribution < 1.29 is 22.8 Å². The molecular weight excluding hydrogens is 487 g/mol. The first kappa shape index (κ1) is 23.7. The number of carbonyl (C=O) groups excluding carboxylic acids is 2. The van der Waals surface area contributed by atoms with Crippen molar-refractivity contribution in [1.82, 2.24) is 9.88 Å². The number of alkyl halides is 3. The number of carbonyl (C=O) groups is 2. The first-order chi connectivity index (χ1) is 16.0. The van der Waals surface area contributed by atoms with E-state index < -0.39 is 23.6 Å². The van der Waals surface area contributed by atoms with Crippen LogP contribution in [0.15, 0.2) is 60.2 Å². The van der Waals surface area contributed by atoms with Gasteiger partial charge in [-0.3, -0.25) is 19.8 Å². The topological polar surface area (TPSA) is 54.3 Å². The summed E-state index contributed by atoms with van der Waals surface area (Å²) < 4.78 is 41.4. The summed E-state index contributed by atoms with van der Waals surface area (Å²) in [5.41, 5.74) is 1.68. The van der Waals surface area contributed by atoms with Gasteiger partial charge in [0, 0.05) is 22.1 Å². The van der Waals surface area contributed by atoms with Crippen LogP contribution >= 0.6 is 23.8 Å². The van der Waals surface area contributed by atoms with E-state index in [0.717, 1.165) is 34.1 Å². The number of amides is 2. The second-order valence-corrected chi connectivity index (χ2v) is 8.47. The molecule has 2 aromatic carbocycles. The summed E-state index contributed by atoms with van der Waals surface area (Å²) in [5, 5.41) is 2.65. The number of hydrogen-bond donors (Lipinski definition) is 1. The molecule has 174 valence electrons. The molecule has 0 aliphatic carbocycles. The summed E-state index contributed by atoms with van der Waals surface area (Å²) in [5.74, 6) is -1.55. The van der Waals surface area contributed by atoms with Crippen molar-refractivity contribution in [3.05, 3.63) is 87.7 Å². The number of thiocarbonyl (C=S) groups is 1. The van der Waals surface area contributed by atoms with Gasteiger partial charge in [-0.05, 0) is 80.2 Å². The second-order valence-electron chi connectivity index (χ2n) is 7.65. The summed E-state index contributed by atoms with van der Waals surface area (Å²) in [4.78, 5) is 26.7. The molecule has 2 heterocycles. The SMILES string of the molecule is Cc1cc(/C=C2\C(=O)NC(=S)N(c3cccc(C(F)(F)F)c3)C2=O)c(C)n1-c1cccc(Cl)c1. The van der Waals surface area contributed by atoms with Crippen LogP contribution in [0.4, 0.5) is 18.9 Å². The van der Waals surface area contributed by atoms with Crippen molar-refractivity contribution in [2.75, 3.05) is 4.90 Å². The van der Waals surface area contributed by atoms with E-state index in [1.165, 1.54) is 18.2 Å². The van der Waals surface area contributed by atoms with Gasteiger partial charge in [-0.2, -0.15) is 13.2 Å². The monoisotopic (exact) mass is 503 g/mol. The fourth-order valence-electron chi connectivity index (χ4n) is 3.82. The molecule has 34 heavy (non-hydrogen) atoms. The molecule has 1 N–H and O–H groups in total. The molecule has 5 nitrogen and oxygen atoms in total. The number of aryl methyl sites for hydroxylation is 1. The zero-order valence-electron chi connectivity index (χ0n) is 17.9. The zero-order chi connectivity index (χ0) is 24.8. The van der Waals surface area contributed by atoms with Crippen molar-refractivity contribution in [3.8, 4) is 5.69 Å². The van der Waals surface area contributed by atoms with E-state index in [2.05, 4.69) is 5.32 Å². The van der Waals surface area contributed by atoms with Gasteiger partial charge in [0.05, 0.1) is 11.3 Å². The first-order valence-corrected chi connectivity index (χ1v) is 10.8. The fourth-order valence-corrected chi connectivity index (χ4v) is 4.28. The summed E-state index contributed by atoms with van der Waals surface area (Å²) in [7, 11) is 0. The molecule has 0 atom stereocenters. The van der Waals surface area contributed by atoms with Crippen LogP contribution in [0.25, 0.3) is 11.8 Å². The van der Waals surface area contributed by atoms with Crippen molar-refractivity contribution in [3.63, 3.8) is 0 Å². The number of hydrogen-bond acceptors (Lipinski definition) is 3. The highest BCUT2D eigenvalue weighted by molar-refractivity contribution is 7.80. The molecule has 2 amide bonds. The zero-order valence-corrected chi connectivity index (χ0v) is 19.5. The number of nitrogens with one attached hydrogen (secondary N) is 1. The van der Waals surface area contributed by atoms with Crippen LogP contribution < -0.4 is 10.2 Å². The number of nitrogens with zero attached hydrogens (tertiary/aromatic N) is 2. The third-order valence-electron chi connectivity index (χ3n) is 5.37. The van der Waals surface area contributed by atoms with Crippen LogP contribution in [0.1, 0.15) is 22.5 Å². The molecule has 1 aliphatic rings. The molecule has 1 saturated heterocycles. The molecule has 3 aromatic rings. The minimum absolute atomic E-state index is 0.0971. The third kappa shape index (κ3) is 4.36. The van der Waals surface area contributed by atoms with Crippen molar-refractivity contribution in [2.45, 2.75) is 20.0 Å². The summed E-state index contributed by atoms with van der Waals surface area (Å²) in [6.07, 6.45) is -3.19. The van der Waals surface area contributed by atoms with Gasteiger partial charge in [0.2, 0.25) is 0 Å². The quantitative estimate of drug-likeness (QED) is 0.288. The Labute approximate surface area is 203 Å². The van der Waals surface area contributed by atoms with E-state index in [-0.39, 0.29) is 16.4 Å². The average molecular weight is 504 g/mol. The molecule has 1 aromatic heterocycles. The van der Waals surface area contributed by atoms with Crippen LogP contribution in [0, 0.1) is 13.8 Å². The fraction of sp³-hybridized carbons (Fsp3) is 0.125. The van der Waals surface area contributed by atoms with Crippen LogP contribution in [0.3, 0.4) is 0 Å². The standard InChI is InChI=1S/C24H17ClF3N3O2S/c1-13-9-15(14(2)30(13)19-8-4-6-17(25)12-19)10-20-21(32)29-23(34)31(22(20)33)18-7-3-5-16(11-18)24(26,27)28/h3-12H,1-2H3,(H,29,32,34)/b20-10+. The number of anilines is 1. The highest BCUT2D eigenvalue weighted by atomic mass is 35.5. The van der Waals surface area contributed by atoms with E-state index in [9.17, 15) is 22.8 Å². The van der Waals surface area contributed by atoms with Gasteiger partial charge in [0.1, 0.15) is 5.57 Å². The number of benzene rings is 2. The second kappa shape index (κ2) is 8.73. The maximum atomic E-state index is 13.2. The molecule has 0 bridgehead atoms. The van der Waals surface area contributed by atoms with Gasteiger partial charge in [-0.1, -0.05) is 23.7 Å². The molecule has 0 unspecified atom stereocenters. The predicted molar refractivity (Wildman–Crippen MR) is 128 cm³/mol. The van der Waals surface area contributed by atoms with Gasteiger partial charge in [-0.15, -0.1) is 0 Å². The first-order valence-electron chi connectivity index (χ1n) is 10.0. The van der Waals surface area contributed by atoms with Gasteiger partial charge in [0.25, 0.3) is 11.8 Å². The number of rotatable bonds is 3. The van der Waals surface area contributed by atoms with Gasteiger partial charge < -0.3 is 4.57 Å². The Hall–Kier alpha value is -3.43. The van der Waals surface area contributed by atoms with Gasteiger partial charge in [-0.25, -0.2) is 0 Å². The van der Waals surface area contributed by atoms with E-state index in [4.69, 9.17) is 23.8 Å². The van der Waals surface area contributed by atoms with Crippen LogP contribution in [-0.2, 0) is 15.8 Å². The summed E-state index contributed by atoms with van der Waals surface area (Å²) in [6, 6.07) is 13.2. The van der Waals surface area contributed by atoms with E-state index in [1.54, 1.807) is 24.3 Å². The Morgan fingerprint density at radius 3 is 2.35 bits per heavy atom. The van der Waals surface area contributed by atoms with E-state index >= 15 is 0 Å². The van der Waals surface area contributed by atoms with Crippen LogP contribution in [0.5, 0.6) is 0 Å². The third-order valence-corrected chi connectivity index (χ3v) is 5.89. The smallest absolute Gasteiger partial charge is 0.318 e. The Bertz CT molecular complexity index is 1380. The van der Waals surface area contributed by atoms with Crippen molar-refractivity contribution in [2.24, 2.45) is 0 Å². The number of halogens is 4. The average Bonchev–Trinajstić information content (AvgIpc) is 3.03. The maximum Gasteiger partial charge on any atom is 0.416 e. The lowest BCUT2D eigenvalue weighted by molar-refractivity contribution is -0.137. The molecule has 10 heteroatoms. The molecular formula is C24H17ClF3N3O2S. The van der Waals surface area contributed by atoms with E-state index in [1.807, 2.05) is 24.5 Å². The predicted octanol–water partition coefficient (Wildman–Crippen LogP) is 5.60. The Balaban J connectivity index is 1.76. The molecule has 1 aliphatic heterocycles. The lowest BCUT2D eigenvalue weighted by atomic mass is 10.1. The van der Waals surface area contributed by atoms with Gasteiger partial charge >= 0.3 is 6.18 Å². The lowest BCUT2D eigenvalue weighted by Gasteiger charge is -2.29. The summed E-state index contributed by atoms with van der Waals surface area (Å²) in [6.45, 7) is 3.68. The van der Waals surface area contributed by atoms with E-state index in [0.29, 0.717) is 10.6 Å². The van der Waals surface area contributed by atoms with Crippen LogP contribution in [0.2, 0.25) is 5.02 Å². The van der Waals surface area contributed by atoms with Gasteiger partial charge in [0.15, 0.2) is 5.11 Å². The highest BCUT2D eigenvalue weighted by Gasteiger charge is 2.36. The van der Waals surface area contributed by atoms with Crippen molar-refractivity contribution in [1.29, 1.82) is 0 Å². The minimum Gasteiger partial charge on any atom is -0.318 e. The minimum atomic E-state index is -4.60. The Morgan fingerprint density at radius 2 is 1.68 bits per heavy atom. The molecule has 0 radical (unpaired) electrons. The number of aromatic nitrogens is 1. The lowest BCUT2D eigenvalue weighted by Crippen LogP contribution is -2.54. The maximum absolute atomic E-state index is 13.2.